The fourth-order valence-corrected chi connectivity index (χ4v) is 1.70. The van der Waals surface area contributed by atoms with E-state index in [1.165, 1.54) is 0 Å². The summed E-state index contributed by atoms with van der Waals surface area (Å²) in [6, 6.07) is 7.68. The van der Waals surface area contributed by atoms with E-state index < -0.39 is 6.10 Å². The van der Waals surface area contributed by atoms with Crippen LogP contribution in [0.15, 0.2) is 24.3 Å². The molecule has 1 unspecified atom stereocenters. The third-order valence-corrected chi connectivity index (χ3v) is 2.88. The number of hydrogen-bond donors (Lipinski definition) is 1. The molecule has 0 amide bonds. The van der Waals surface area contributed by atoms with Gasteiger partial charge in [-0.2, -0.15) is 0 Å². The van der Waals surface area contributed by atoms with Crippen molar-refractivity contribution in [2.45, 2.75) is 32.3 Å². The predicted octanol–water partition coefficient (Wildman–Crippen LogP) is 2.52. The smallest absolute Gasteiger partial charge is 0.305 e. The van der Waals surface area contributed by atoms with Crippen LogP contribution in [0.25, 0.3) is 0 Å². The summed E-state index contributed by atoms with van der Waals surface area (Å²) in [4.78, 5) is 13.3. The molecule has 0 spiro atoms. The number of benzene rings is 1. The molecule has 1 atom stereocenters. The largest absolute Gasteiger partial charge is 0.466 e. The molecule has 0 bridgehead atoms. The molecular formula is C15H23NO3. The normalized spacial score (nSPS) is 12.0. The van der Waals surface area contributed by atoms with Crippen LogP contribution in [0.4, 0.5) is 5.69 Å². The Balaban J connectivity index is 2.44. The van der Waals surface area contributed by atoms with Crippen molar-refractivity contribution in [3.8, 4) is 0 Å². The van der Waals surface area contributed by atoms with E-state index in [1.54, 1.807) is 0 Å². The Bertz CT molecular complexity index is 387. The second-order valence-electron chi connectivity index (χ2n) is 4.76. The van der Waals surface area contributed by atoms with Gasteiger partial charge in [0.2, 0.25) is 0 Å². The molecule has 1 aromatic carbocycles. The highest BCUT2D eigenvalue weighted by Gasteiger charge is 2.11. The number of aliphatic hydroxyl groups is 1. The molecule has 1 aromatic rings. The van der Waals surface area contributed by atoms with E-state index in [0.717, 1.165) is 17.7 Å². The van der Waals surface area contributed by atoms with Gasteiger partial charge < -0.3 is 14.7 Å². The first-order valence-corrected chi connectivity index (χ1v) is 6.65. The van der Waals surface area contributed by atoms with Gasteiger partial charge in [0.15, 0.2) is 0 Å². The average Bonchev–Trinajstić information content (AvgIpc) is 2.42. The molecule has 0 aliphatic carbocycles. The molecule has 106 valence electrons. The number of ether oxygens (including phenoxy) is 1. The molecule has 0 saturated heterocycles. The summed E-state index contributed by atoms with van der Waals surface area (Å²) < 4.78 is 4.97. The van der Waals surface area contributed by atoms with Gasteiger partial charge in [-0.25, -0.2) is 0 Å². The molecule has 0 radical (unpaired) electrons. The van der Waals surface area contributed by atoms with Crippen molar-refractivity contribution in [1.82, 2.24) is 0 Å². The number of carbonyl (C=O) groups excluding carboxylic acids is 1. The van der Waals surface area contributed by atoms with Gasteiger partial charge in [-0.15, -0.1) is 0 Å². The van der Waals surface area contributed by atoms with Crippen molar-refractivity contribution in [2.75, 3.05) is 25.6 Å². The predicted molar refractivity (Wildman–Crippen MR) is 76.2 cm³/mol. The van der Waals surface area contributed by atoms with E-state index in [4.69, 9.17) is 4.74 Å². The number of aliphatic hydroxyl groups excluding tert-OH is 1. The standard InChI is InChI=1S/C15H23NO3/c1-4-11-19-15(18)10-9-14(17)12-5-7-13(8-6-12)16(2)3/h5-8,14,17H,4,9-11H2,1-3H3. The second kappa shape index (κ2) is 7.79. The van der Waals surface area contributed by atoms with Crippen molar-refractivity contribution < 1.29 is 14.6 Å². The van der Waals surface area contributed by atoms with Gasteiger partial charge in [0.1, 0.15) is 0 Å². The van der Waals surface area contributed by atoms with Crippen LogP contribution in [0.3, 0.4) is 0 Å². The molecular weight excluding hydrogens is 242 g/mol. The van der Waals surface area contributed by atoms with Crippen molar-refractivity contribution in [2.24, 2.45) is 0 Å². The molecule has 0 fully saturated rings. The van der Waals surface area contributed by atoms with Crippen LogP contribution >= 0.6 is 0 Å². The molecule has 1 rings (SSSR count). The lowest BCUT2D eigenvalue weighted by molar-refractivity contribution is -0.144. The Kier molecular flexibility index (Phi) is 6.36. The Morgan fingerprint density at radius 3 is 2.47 bits per heavy atom. The first-order valence-electron chi connectivity index (χ1n) is 6.65. The summed E-state index contributed by atoms with van der Waals surface area (Å²) in [5, 5.41) is 10.0. The molecule has 1 N–H and O–H groups in total. The van der Waals surface area contributed by atoms with Crippen LogP contribution in [0.2, 0.25) is 0 Å². The summed E-state index contributed by atoms with van der Waals surface area (Å²) in [5.74, 6) is -0.245. The average molecular weight is 265 g/mol. The van der Waals surface area contributed by atoms with E-state index >= 15 is 0 Å². The first kappa shape index (κ1) is 15.5. The maximum atomic E-state index is 11.3. The van der Waals surface area contributed by atoms with Crippen molar-refractivity contribution in [1.29, 1.82) is 0 Å². The van der Waals surface area contributed by atoms with Crippen LogP contribution in [-0.2, 0) is 9.53 Å². The highest BCUT2D eigenvalue weighted by atomic mass is 16.5. The Labute approximate surface area is 115 Å². The maximum absolute atomic E-state index is 11.3. The minimum absolute atomic E-state index is 0.245. The summed E-state index contributed by atoms with van der Waals surface area (Å²) in [6.07, 6.45) is 0.839. The Morgan fingerprint density at radius 2 is 1.95 bits per heavy atom. The third kappa shape index (κ3) is 5.30. The van der Waals surface area contributed by atoms with Gasteiger partial charge >= 0.3 is 5.97 Å². The van der Waals surface area contributed by atoms with Crippen molar-refractivity contribution in [3.05, 3.63) is 29.8 Å². The van der Waals surface area contributed by atoms with Crippen molar-refractivity contribution in [3.63, 3.8) is 0 Å². The minimum Gasteiger partial charge on any atom is -0.466 e. The van der Waals surface area contributed by atoms with E-state index in [9.17, 15) is 9.90 Å². The van der Waals surface area contributed by atoms with E-state index in [0.29, 0.717) is 13.0 Å². The lowest BCUT2D eigenvalue weighted by atomic mass is 10.0. The van der Waals surface area contributed by atoms with Gasteiger partial charge in [0, 0.05) is 26.2 Å². The van der Waals surface area contributed by atoms with Crippen LogP contribution < -0.4 is 4.90 Å². The zero-order valence-corrected chi connectivity index (χ0v) is 11.9. The number of esters is 1. The van der Waals surface area contributed by atoms with Crippen LogP contribution in [0.5, 0.6) is 0 Å². The summed E-state index contributed by atoms with van der Waals surface area (Å²) in [6.45, 7) is 2.40. The molecule has 0 heterocycles. The lowest BCUT2D eigenvalue weighted by Gasteiger charge is -2.15. The molecule has 0 aromatic heterocycles. The molecule has 0 aliphatic heterocycles. The fourth-order valence-electron chi connectivity index (χ4n) is 1.70. The van der Waals surface area contributed by atoms with E-state index in [1.807, 2.05) is 50.2 Å². The Morgan fingerprint density at radius 1 is 1.32 bits per heavy atom. The maximum Gasteiger partial charge on any atom is 0.305 e. The molecule has 0 saturated carbocycles. The van der Waals surface area contributed by atoms with Crippen molar-refractivity contribution >= 4 is 11.7 Å². The number of carbonyl (C=O) groups is 1. The number of hydrogen-bond acceptors (Lipinski definition) is 4. The van der Waals surface area contributed by atoms with E-state index in [2.05, 4.69) is 0 Å². The molecule has 4 nitrogen and oxygen atoms in total. The van der Waals surface area contributed by atoms with Gasteiger partial charge in [-0.3, -0.25) is 4.79 Å². The quantitative estimate of drug-likeness (QED) is 0.770. The SMILES string of the molecule is CCCOC(=O)CCC(O)c1ccc(N(C)C)cc1. The highest BCUT2D eigenvalue weighted by Crippen LogP contribution is 2.21. The summed E-state index contributed by atoms with van der Waals surface area (Å²) in [5.41, 5.74) is 1.91. The monoisotopic (exact) mass is 265 g/mol. The van der Waals surface area contributed by atoms with E-state index in [-0.39, 0.29) is 12.4 Å². The zero-order valence-electron chi connectivity index (χ0n) is 11.9. The third-order valence-electron chi connectivity index (χ3n) is 2.88. The number of anilines is 1. The second-order valence-corrected chi connectivity index (χ2v) is 4.76. The van der Waals surface area contributed by atoms with Gasteiger partial charge in [-0.05, 0) is 30.5 Å². The van der Waals surface area contributed by atoms with Crippen LogP contribution in [0.1, 0.15) is 37.9 Å². The number of nitrogens with zero attached hydrogens (tertiary/aromatic N) is 1. The summed E-state index contributed by atoms with van der Waals surface area (Å²) >= 11 is 0. The lowest BCUT2D eigenvalue weighted by Crippen LogP contribution is -2.09. The highest BCUT2D eigenvalue weighted by molar-refractivity contribution is 5.69. The van der Waals surface area contributed by atoms with Crippen LogP contribution in [0, 0.1) is 0 Å². The minimum atomic E-state index is -0.620. The number of rotatable bonds is 7. The van der Waals surface area contributed by atoms with Gasteiger partial charge in [0.05, 0.1) is 12.7 Å². The van der Waals surface area contributed by atoms with Gasteiger partial charge in [0.25, 0.3) is 0 Å². The first-order chi connectivity index (χ1) is 9.04. The fraction of sp³-hybridized carbons (Fsp3) is 0.533. The van der Waals surface area contributed by atoms with Crippen LogP contribution in [-0.4, -0.2) is 31.8 Å². The zero-order chi connectivity index (χ0) is 14.3. The topological polar surface area (TPSA) is 49.8 Å². The van der Waals surface area contributed by atoms with Gasteiger partial charge in [-0.1, -0.05) is 19.1 Å². The molecule has 4 heteroatoms. The molecule has 19 heavy (non-hydrogen) atoms. The molecule has 0 aliphatic rings. The summed E-state index contributed by atoms with van der Waals surface area (Å²) in [7, 11) is 3.93. The Hall–Kier alpha value is -1.55.